The van der Waals surface area contributed by atoms with Crippen LogP contribution in [0.2, 0.25) is 0 Å². The summed E-state index contributed by atoms with van der Waals surface area (Å²) in [6, 6.07) is 0.321. The van der Waals surface area contributed by atoms with Crippen molar-refractivity contribution in [2.75, 3.05) is 19.6 Å². The Hall–Kier alpha value is -0.610. The predicted molar refractivity (Wildman–Crippen MR) is 66.6 cm³/mol. The third-order valence-corrected chi connectivity index (χ3v) is 4.13. The van der Waals surface area contributed by atoms with Crippen molar-refractivity contribution in [3.63, 3.8) is 0 Å². The van der Waals surface area contributed by atoms with Gasteiger partial charge in [0.15, 0.2) is 0 Å². The van der Waals surface area contributed by atoms with Crippen LogP contribution in [0.5, 0.6) is 0 Å². The zero-order chi connectivity index (χ0) is 12.5. The zero-order valence-electron chi connectivity index (χ0n) is 10.9. The van der Waals surface area contributed by atoms with Crippen molar-refractivity contribution in [2.45, 2.75) is 51.2 Å². The molecule has 2 fully saturated rings. The summed E-state index contributed by atoms with van der Waals surface area (Å²) in [7, 11) is 0. The van der Waals surface area contributed by atoms with Crippen molar-refractivity contribution >= 4 is 5.91 Å². The number of carbonyl (C=O) groups is 1. The lowest BCUT2D eigenvalue weighted by atomic mass is 9.90. The van der Waals surface area contributed by atoms with E-state index in [9.17, 15) is 9.90 Å². The first kappa shape index (κ1) is 12.8. The highest BCUT2D eigenvalue weighted by molar-refractivity contribution is 5.77. The van der Waals surface area contributed by atoms with Gasteiger partial charge < -0.3 is 15.3 Å². The Labute approximate surface area is 103 Å². The van der Waals surface area contributed by atoms with E-state index in [0.717, 1.165) is 6.54 Å². The summed E-state index contributed by atoms with van der Waals surface area (Å²) >= 11 is 0. The van der Waals surface area contributed by atoms with Crippen LogP contribution in [0, 0.1) is 5.92 Å². The van der Waals surface area contributed by atoms with Crippen molar-refractivity contribution in [2.24, 2.45) is 5.92 Å². The van der Waals surface area contributed by atoms with Gasteiger partial charge in [0.2, 0.25) is 5.91 Å². The van der Waals surface area contributed by atoms with E-state index in [-0.39, 0.29) is 5.91 Å². The highest BCUT2D eigenvalue weighted by Crippen LogP contribution is 2.23. The second-order valence-electron chi connectivity index (χ2n) is 5.95. The average molecular weight is 240 g/mol. The molecule has 4 heteroatoms. The monoisotopic (exact) mass is 240 g/mol. The van der Waals surface area contributed by atoms with Gasteiger partial charge in [0.1, 0.15) is 0 Å². The summed E-state index contributed by atoms with van der Waals surface area (Å²) in [5.74, 6) is 0.768. The van der Waals surface area contributed by atoms with Gasteiger partial charge in [-0.1, -0.05) is 6.92 Å². The number of nitrogens with one attached hydrogen (secondary N) is 1. The van der Waals surface area contributed by atoms with E-state index in [1.54, 1.807) is 0 Å². The summed E-state index contributed by atoms with van der Waals surface area (Å²) in [4.78, 5) is 13.9. The van der Waals surface area contributed by atoms with Gasteiger partial charge in [0.05, 0.1) is 5.60 Å². The van der Waals surface area contributed by atoms with E-state index < -0.39 is 5.60 Å². The fraction of sp³-hybridized carbons (Fsp3) is 0.923. The summed E-state index contributed by atoms with van der Waals surface area (Å²) in [5, 5.41) is 13.3. The fourth-order valence-electron chi connectivity index (χ4n) is 2.86. The number of rotatable bonds is 2. The lowest BCUT2D eigenvalue weighted by Crippen LogP contribution is -2.44. The van der Waals surface area contributed by atoms with Crippen LogP contribution in [-0.2, 0) is 4.79 Å². The Morgan fingerprint density at radius 1 is 1.59 bits per heavy atom. The van der Waals surface area contributed by atoms with Crippen LogP contribution in [0.25, 0.3) is 0 Å². The number of β-amino-alcohol motifs (C(OH)–C–C–N with tert-alkyl or cyclic N) is 1. The molecule has 0 aromatic rings. The van der Waals surface area contributed by atoms with Crippen LogP contribution < -0.4 is 5.32 Å². The fourth-order valence-corrected chi connectivity index (χ4v) is 2.86. The molecule has 2 N–H and O–H groups in total. The minimum Gasteiger partial charge on any atom is -0.388 e. The molecule has 17 heavy (non-hydrogen) atoms. The topological polar surface area (TPSA) is 52.6 Å². The maximum atomic E-state index is 12.1. The molecule has 4 nitrogen and oxygen atoms in total. The van der Waals surface area contributed by atoms with Gasteiger partial charge in [0, 0.05) is 25.6 Å². The molecule has 2 aliphatic rings. The quantitative estimate of drug-likeness (QED) is 0.749. The first-order chi connectivity index (χ1) is 7.98. The van der Waals surface area contributed by atoms with Crippen LogP contribution in [0.3, 0.4) is 0 Å². The van der Waals surface area contributed by atoms with Crippen LogP contribution >= 0.6 is 0 Å². The highest BCUT2D eigenvalue weighted by Gasteiger charge is 2.35. The number of aliphatic hydroxyl groups is 1. The molecule has 2 aliphatic heterocycles. The SMILES string of the molecule is CC1CCCNC1CC(=O)N1CCC(C)(O)C1. The first-order valence-corrected chi connectivity index (χ1v) is 6.71. The second kappa shape index (κ2) is 4.94. The van der Waals surface area contributed by atoms with Crippen LogP contribution in [-0.4, -0.2) is 47.2 Å². The molecule has 0 aromatic heterocycles. The van der Waals surface area contributed by atoms with Crippen molar-refractivity contribution in [3.8, 4) is 0 Å². The molecule has 2 saturated heterocycles. The minimum atomic E-state index is -0.679. The zero-order valence-corrected chi connectivity index (χ0v) is 10.9. The van der Waals surface area contributed by atoms with Crippen molar-refractivity contribution < 1.29 is 9.90 Å². The van der Waals surface area contributed by atoms with Gasteiger partial charge in [0.25, 0.3) is 0 Å². The van der Waals surface area contributed by atoms with Gasteiger partial charge >= 0.3 is 0 Å². The molecule has 0 aromatic carbocycles. The lowest BCUT2D eigenvalue weighted by Gasteiger charge is -2.31. The van der Waals surface area contributed by atoms with E-state index >= 15 is 0 Å². The number of carbonyl (C=O) groups excluding carboxylic acids is 1. The predicted octanol–water partition coefficient (Wildman–Crippen LogP) is 0.748. The number of piperidine rings is 1. The number of hydrogen-bond donors (Lipinski definition) is 2. The standard InChI is InChI=1S/C13H24N2O2/c1-10-4-3-6-14-11(10)8-12(16)15-7-5-13(2,17)9-15/h10-11,14,17H,3-9H2,1-2H3. The normalized spacial score (nSPS) is 38.4. The molecule has 3 unspecified atom stereocenters. The summed E-state index contributed by atoms with van der Waals surface area (Å²) < 4.78 is 0. The van der Waals surface area contributed by atoms with Crippen LogP contribution in [0.1, 0.15) is 39.5 Å². The molecule has 98 valence electrons. The third kappa shape index (κ3) is 3.19. The van der Waals surface area contributed by atoms with Crippen molar-refractivity contribution in [1.82, 2.24) is 10.2 Å². The van der Waals surface area contributed by atoms with E-state index in [1.807, 2.05) is 11.8 Å². The summed E-state index contributed by atoms with van der Waals surface area (Å²) in [6.45, 7) is 6.24. The molecule has 0 aliphatic carbocycles. The molecular weight excluding hydrogens is 216 g/mol. The molecule has 2 rings (SSSR count). The van der Waals surface area contributed by atoms with Gasteiger partial charge in [-0.25, -0.2) is 0 Å². The number of amides is 1. The first-order valence-electron chi connectivity index (χ1n) is 6.71. The number of nitrogens with zero attached hydrogens (tertiary/aromatic N) is 1. The van der Waals surface area contributed by atoms with Crippen molar-refractivity contribution in [1.29, 1.82) is 0 Å². The Balaban J connectivity index is 1.84. The molecule has 3 atom stereocenters. The smallest absolute Gasteiger partial charge is 0.224 e. The van der Waals surface area contributed by atoms with Crippen molar-refractivity contribution in [3.05, 3.63) is 0 Å². The van der Waals surface area contributed by atoms with E-state index in [2.05, 4.69) is 12.2 Å². The molecule has 0 bridgehead atoms. The molecule has 2 heterocycles. The highest BCUT2D eigenvalue weighted by atomic mass is 16.3. The maximum Gasteiger partial charge on any atom is 0.224 e. The van der Waals surface area contributed by atoms with Gasteiger partial charge in [-0.3, -0.25) is 4.79 Å². The number of hydrogen-bond acceptors (Lipinski definition) is 3. The maximum absolute atomic E-state index is 12.1. The Morgan fingerprint density at radius 3 is 2.94 bits per heavy atom. The Bertz CT molecular complexity index is 291. The largest absolute Gasteiger partial charge is 0.388 e. The third-order valence-electron chi connectivity index (χ3n) is 4.13. The Kier molecular flexibility index (Phi) is 3.73. The van der Waals surface area contributed by atoms with E-state index in [0.29, 0.717) is 37.9 Å². The van der Waals surface area contributed by atoms with Gasteiger partial charge in [-0.2, -0.15) is 0 Å². The van der Waals surface area contributed by atoms with E-state index in [1.165, 1.54) is 12.8 Å². The Morgan fingerprint density at radius 2 is 2.35 bits per heavy atom. The number of likely N-dealkylation sites (tertiary alicyclic amines) is 1. The van der Waals surface area contributed by atoms with Crippen LogP contribution in [0.4, 0.5) is 0 Å². The minimum absolute atomic E-state index is 0.189. The summed E-state index contributed by atoms with van der Waals surface area (Å²) in [6.07, 6.45) is 3.70. The van der Waals surface area contributed by atoms with Crippen LogP contribution in [0.15, 0.2) is 0 Å². The molecular formula is C13H24N2O2. The average Bonchev–Trinajstić information content (AvgIpc) is 2.62. The second-order valence-corrected chi connectivity index (χ2v) is 5.95. The molecule has 1 amide bonds. The molecule has 0 saturated carbocycles. The lowest BCUT2D eigenvalue weighted by molar-refractivity contribution is -0.132. The molecule has 0 radical (unpaired) electrons. The summed E-state index contributed by atoms with van der Waals surface area (Å²) in [5.41, 5.74) is -0.679. The molecule has 0 spiro atoms. The van der Waals surface area contributed by atoms with E-state index in [4.69, 9.17) is 0 Å². The van der Waals surface area contributed by atoms with Gasteiger partial charge in [-0.05, 0) is 38.6 Å². The van der Waals surface area contributed by atoms with Gasteiger partial charge in [-0.15, -0.1) is 0 Å².